The van der Waals surface area contributed by atoms with Crippen LogP contribution in [0.25, 0.3) is 0 Å². The third kappa shape index (κ3) is 4.92. The molecule has 0 aliphatic heterocycles. The van der Waals surface area contributed by atoms with Gasteiger partial charge in [0.25, 0.3) is 5.91 Å². The van der Waals surface area contributed by atoms with E-state index in [-0.39, 0.29) is 23.3 Å². The maximum Gasteiger partial charge on any atom is 0.335 e. The number of amides is 2. The van der Waals surface area contributed by atoms with E-state index in [1.54, 1.807) is 36.2 Å². The molecule has 0 fully saturated rings. The summed E-state index contributed by atoms with van der Waals surface area (Å²) in [7, 11) is 1.75. The molecule has 0 aliphatic carbocycles. The second kappa shape index (κ2) is 8.29. The van der Waals surface area contributed by atoms with Crippen LogP contribution in [0.2, 0.25) is 0 Å². The smallest absolute Gasteiger partial charge is 0.335 e. The van der Waals surface area contributed by atoms with Crippen molar-refractivity contribution in [3.8, 4) is 0 Å². The third-order valence-corrected chi connectivity index (χ3v) is 3.90. The Morgan fingerprint density at radius 3 is 2.00 bits per heavy atom. The highest BCUT2D eigenvalue weighted by Gasteiger charge is 2.13. The molecular weight excluding hydrogens is 332 g/mol. The summed E-state index contributed by atoms with van der Waals surface area (Å²) >= 11 is 0. The monoisotopic (exact) mass is 354 g/mol. The lowest BCUT2D eigenvalue weighted by atomic mass is 10.1. The first-order chi connectivity index (χ1) is 12.3. The lowest BCUT2D eigenvalue weighted by Crippen LogP contribution is -2.29. The van der Waals surface area contributed by atoms with Crippen LogP contribution in [0.5, 0.6) is 0 Å². The minimum Gasteiger partial charge on any atom is -0.478 e. The highest BCUT2D eigenvalue weighted by molar-refractivity contribution is 6.04. The predicted octanol–water partition coefficient (Wildman–Crippen LogP) is 3.25. The summed E-state index contributed by atoms with van der Waals surface area (Å²) in [5, 5.41) is 11.6. The van der Waals surface area contributed by atoms with Crippen molar-refractivity contribution < 1.29 is 19.5 Å². The first-order valence-corrected chi connectivity index (χ1v) is 8.26. The molecule has 0 heterocycles. The number of benzene rings is 2. The maximum absolute atomic E-state index is 12.3. The molecule has 2 aromatic rings. The number of nitrogens with one attached hydrogen (secondary N) is 1. The van der Waals surface area contributed by atoms with Crippen molar-refractivity contribution in [3.05, 3.63) is 65.2 Å². The number of hydrogen-bond acceptors (Lipinski definition) is 3. The summed E-state index contributed by atoms with van der Waals surface area (Å²) in [5.74, 6) is -1.29. The fourth-order valence-corrected chi connectivity index (χ4v) is 2.45. The van der Waals surface area contributed by atoms with E-state index in [4.69, 9.17) is 5.11 Å². The summed E-state index contributed by atoms with van der Waals surface area (Å²) in [6, 6.07) is 13.0. The number of aromatic carboxylic acids is 1. The van der Waals surface area contributed by atoms with Crippen LogP contribution in [0.4, 0.5) is 5.69 Å². The minimum atomic E-state index is -1.01. The van der Waals surface area contributed by atoms with Gasteiger partial charge in [0.15, 0.2) is 0 Å². The van der Waals surface area contributed by atoms with Gasteiger partial charge in [0, 0.05) is 30.8 Å². The Labute approximate surface area is 152 Å². The van der Waals surface area contributed by atoms with Gasteiger partial charge in [-0.1, -0.05) is 26.0 Å². The Kier molecular flexibility index (Phi) is 6.11. The van der Waals surface area contributed by atoms with Gasteiger partial charge in [-0.05, 0) is 42.0 Å². The predicted molar refractivity (Wildman–Crippen MR) is 99.1 cm³/mol. The molecule has 0 bridgehead atoms. The van der Waals surface area contributed by atoms with E-state index in [0.717, 1.165) is 5.56 Å². The summed E-state index contributed by atoms with van der Waals surface area (Å²) in [4.78, 5) is 36.7. The molecule has 0 saturated heterocycles. The first kappa shape index (κ1) is 19.2. The number of carboxylic acid groups (broad SMARTS) is 1. The van der Waals surface area contributed by atoms with E-state index < -0.39 is 5.97 Å². The second-order valence-corrected chi connectivity index (χ2v) is 6.38. The molecule has 136 valence electrons. The van der Waals surface area contributed by atoms with Crippen molar-refractivity contribution in [2.45, 2.75) is 20.4 Å². The third-order valence-electron chi connectivity index (χ3n) is 3.90. The quantitative estimate of drug-likeness (QED) is 0.834. The van der Waals surface area contributed by atoms with Crippen LogP contribution in [-0.4, -0.2) is 34.8 Å². The van der Waals surface area contributed by atoms with Crippen molar-refractivity contribution in [1.82, 2.24) is 4.90 Å². The zero-order valence-electron chi connectivity index (χ0n) is 15.0. The Morgan fingerprint density at radius 2 is 1.50 bits per heavy atom. The number of carbonyl (C=O) groups is 3. The molecule has 2 N–H and O–H groups in total. The number of hydrogen-bond donors (Lipinski definition) is 2. The van der Waals surface area contributed by atoms with E-state index in [2.05, 4.69) is 5.32 Å². The van der Waals surface area contributed by atoms with Crippen LogP contribution < -0.4 is 5.32 Å². The highest BCUT2D eigenvalue weighted by Crippen LogP contribution is 2.13. The average Bonchev–Trinajstić information content (AvgIpc) is 2.61. The molecule has 6 heteroatoms. The van der Waals surface area contributed by atoms with Crippen LogP contribution in [0.1, 0.15) is 40.1 Å². The molecule has 2 aromatic carbocycles. The maximum atomic E-state index is 12.3. The SMILES string of the molecule is CC(C)C(=O)N(C)Cc1ccc(C(=O)Nc2ccc(C(=O)O)cc2)cc1. The van der Waals surface area contributed by atoms with Crippen molar-refractivity contribution in [1.29, 1.82) is 0 Å². The topological polar surface area (TPSA) is 86.7 Å². The molecule has 2 amide bonds. The molecular formula is C20H22N2O4. The minimum absolute atomic E-state index is 0.0578. The summed E-state index contributed by atoms with van der Waals surface area (Å²) in [5.41, 5.74) is 2.09. The number of anilines is 1. The van der Waals surface area contributed by atoms with E-state index in [1.807, 2.05) is 26.0 Å². The Morgan fingerprint density at radius 1 is 0.962 bits per heavy atom. The van der Waals surface area contributed by atoms with Gasteiger partial charge < -0.3 is 15.3 Å². The first-order valence-electron chi connectivity index (χ1n) is 8.26. The van der Waals surface area contributed by atoms with Crippen LogP contribution in [0, 0.1) is 5.92 Å². The van der Waals surface area contributed by atoms with Gasteiger partial charge in [-0.3, -0.25) is 9.59 Å². The van der Waals surface area contributed by atoms with Crippen LogP contribution in [-0.2, 0) is 11.3 Å². The molecule has 0 saturated carbocycles. The van der Waals surface area contributed by atoms with Gasteiger partial charge in [-0.15, -0.1) is 0 Å². The molecule has 0 spiro atoms. The molecule has 0 atom stereocenters. The second-order valence-electron chi connectivity index (χ2n) is 6.38. The van der Waals surface area contributed by atoms with Crippen LogP contribution >= 0.6 is 0 Å². The lowest BCUT2D eigenvalue weighted by molar-refractivity contribution is -0.133. The Balaban J connectivity index is 2.00. The van der Waals surface area contributed by atoms with Gasteiger partial charge in [-0.2, -0.15) is 0 Å². The van der Waals surface area contributed by atoms with Gasteiger partial charge in [0.2, 0.25) is 5.91 Å². The average molecular weight is 354 g/mol. The standard InChI is InChI=1S/C20H22N2O4/c1-13(2)19(24)22(3)12-14-4-6-15(7-5-14)18(23)21-17-10-8-16(9-11-17)20(25)26/h4-11,13H,12H2,1-3H3,(H,21,23)(H,25,26). The van der Waals surface area contributed by atoms with Crippen molar-refractivity contribution in [2.24, 2.45) is 5.92 Å². The fraction of sp³-hybridized carbons (Fsp3) is 0.250. The normalized spacial score (nSPS) is 10.5. The zero-order chi connectivity index (χ0) is 19.3. The molecule has 2 rings (SSSR count). The summed E-state index contributed by atoms with van der Waals surface area (Å²) in [6.07, 6.45) is 0. The summed E-state index contributed by atoms with van der Waals surface area (Å²) < 4.78 is 0. The number of rotatable bonds is 6. The van der Waals surface area contributed by atoms with Crippen LogP contribution in [0.15, 0.2) is 48.5 Å². The molecule has 0 aromatic heterocycles. The van der Waals surface area contributed by atoms with Crippen LogP contribution in [0.3, 0.4) is 0 Å². The number of carboxylic acids is 1. The molecule has 0 aliphatic rings. The lowest BCUT2D eigenvalue weighted by Gasteiger charge is -2.19. The van der Waals surface area contributed by atoms with E-state index in [1.165, 1.54) is 12.1 Å². The van der Waals surface area contributed by atoms with E-state index >= 15 is 0 Å². The Hall–Kier alpha value is -3.15. The zero-order valence-corrected chi connectivity index (χ0v) is 15.0. The van der Waals surface area contributed by atoms with Crippen molar-refractivity contribution in [3.63, 3.8) is 0 Å². The molecule has 0 radical (unpaired) electrons. The van der Waals surface area contributed by atoms with Gasteiger partial charge in [0.05, 0.1) is 5.56 Å². The molecule has 6 nitrogen and oxygen atoms in total. The van der Waals surface area contributed by atoms with Gasteiger partial charge >= 0.3 is 5.97 Å². The fourth-order valence-electron chi connectivity index (χ4n) is 2.45. The van der Waals surface area contributed by atoms with E-state index in [0.29, 0.717) is 17.8 Å². The molecule has 0 unspecified atom stereocenters. The Bertz CT molecular complexity index is 796. The summed E-state index contributed by atoms with van der Waals surface area (Å²) in [6.45, 7) is 4.19. The van der Waals surface area contributed by atoms with Crippen molar-refractivity contribution >= 4 is 23.5 Å². The largest absolute Gasteiger partial charge is 0.478 e. The number of carbonyl (C=O) groups excluding carboxylic acids is 2. The van der Waals surface area contributed by atoms with E-state index in [9.17, 15) is 14.4 Å². The number of nitrogens with zero attached hydrogens (tertiary/aromatic N) is 1. The van der Waals surface area contributed by atoms with Gasteiger partial charge in [-0.25, -0.2) is 4.79 Å². The molecule has 26 heavy (non-hydrogen) atoms. The highest BCUT2D eigenvalue weighted by atomic mass is 16.4. The van der Waals surface area contributed by atoms with Crippen molar-refractivity contribution in [2.75, 3.05) is 12.4 Å². The van der Waals surface area contributed by atoms with Gasteiger partial charge in [0.1, 0.15) is 0 Å².